The first kappa shape index (κ1) is 24.0. The zero-order chi connectivity index (χ0) is 23.0. The second kappa shape index (κ2) is 11.3. The predicted octanol–water partition coefficient (Wildman–Crippen LogP) is 5.55. The minimum Gasteiger partial charge on any atom is -0.354 e. The van der Waals surface area contributed by atoms with Crippen molar-refractivity contribution in [3.63, 3.8) is 0 Å². The molecule has 0 saturated carbocycles. The highest BCUT2D eigenvalue weighted by atomic mass is 31.2. The zero-order valence-corrected chi connectivity index (χ0v) is 19.7. The van der Waals surface area contributed by atoms with Crippen molar-refractivity contribution in [3.05, 3.63) is 96.1 Å². The number of carbonyl (C=O) groups excluding carboxylic acids is 1. The lowest BCUT2D eigenvalue weighted by Crippen LogP contribution is -2.38. The van der Waals surface area contributed by atoms with Gasteiger partial charge in [-0.3, -0.25) is 9.36 Å². The maximum absolute atomic E-state index is 13.0. The molecule has 0 spiro atoms. The van der Waals surface area contributed by atoms with Gasteiger partial charge >= 0.3 is 0 Å². The summed E-state index contributed by atoms with van der Waals surface area (Å²) >= 11 is 0. The van der Waals surface area contributed by atoms with Crippen molar-refractivity contribution in [3.8, 4) is 11.1 Å². The first-order valence-corrected chi connectivity index (χ1v) is 13.1. The second-order valence-electron chi connectivity index (χ2n) is 8.62. The standard InChI is InChI=1S/C27H32NO3P/c1-21(2)28-27(29)26(20-32(30,31)18-17-22-9-5-3-6-10-22)19-23-13-15-25(16-14-23)24-11-7-4-8-12-24/h3-16,21,26H,17-20H2,1-2H3,(H,28,29)(H,30,31). The molecule has 0 heterocycles. The molecule has 2 unspecified atom stereocenters. The summed E-state index contributed by atoms with van der Waals surface area (Å²) in [4.78, 5) is 23.5. The van der Waals surface area contributed by atoms with E-state index in [0.29, 0.717) is 12.8 Å². The second-order valence-corrected chi connectivity index (χ2v) is 11.1. The van der Waals surface area contributed by atoms with E-state index in [9.17, 15) is 14.3 Å². The van der Waals surface area contributed by atoms with Gasteiger partial charge in [-0.15, -0.1) is 0 Å². The Balaban J connectivity index is 1.71. The quantitative estimate of drug-likeness (QED) is 0.399. The molecule has 0 radical (unpaired) electrons. The molecule has 168 valence electrons. The van der Waals surface area contributed by atoms with Gasteiger partial charge in [0.2, 0.25) is 13.3 Å². The Hall–Kier alpha value is -2.68. The van der Waals surface area contributed by atoms with Gasteiger partial charge in [0.1, 0.15) is 0 Å². The molecule has 0 aliphatic rings. The van der Waals surface area contributed by atoms with E-state index in [0.717, 1.165) is 22.3 Å². The molecule has 3 rings (SSSR count). The first-order chi connectivity index (χ1) is 15.3. The lowest BCUT2D eigenvalue weighted by atomic mass is 9.97. The van der Waals surface area contributed by atoms with Crippen LogP contribution in [-0.2, 0) is 22.2 Å². The van der Waals surface area contributed by atoms with Gasteiger partial charge in [-0.25, -0.2) is 0 Å². The van der Waals surface area contributed by atoms with Crippen LogP contribution in [0, 0.1) is 5.92 Å². The van der Waals surface area contributed by atoms with Crippen LogP contribution in [0.25, 0.3) is 11.1 Å². The third kappa shape index (κ3) is 7.47. The molecule has 2 N–H and O–H groups in total. The third-order valence-electron chi connectivity index (χ3n) is 5.44. The Morgan fingerprint density at radius 3 is 2.00 bits per heavy atom. The predicted molar refractivity (Wildman–Crippen MR) is 132 cm³/mol. The molecule has 5 heteroatoms. The van der Waals surface area contributed by atoms with Crippen LogP contribution < -0.4 is 5.32 Å². The van der Waals surface area contributed by atoms with Gasteiger partial charge in [0.05, 0.1) is 5.92 Å². The molecule has 1 amide bonds. The average Bonchev–Trinajstić information content (AvgIpc) is 2.78. The minimum absolute atomic E-state index is 0.0151. The molecule has 0 aliphatic carbocycles. The number of aryl methyl sites for hydroxylation is 1. The fourth-order valence-electron chi connectivity index (χ4n) is 3.78. The Morgan fingerprint density at radius 1 is 0.844 bits per heavy atom. The molecular formula is C27H32NO3P. The zero-order valence-electron chi connectivity index (χ0n) is 18.8. The normalized spacial score (nSPS) is 14.0. The number of benzene rings is 3. The van der Waals surface area contributed by atoms with Crippen molar-refractivity contribution >= 4 is 13.3 Å². The topological polar surface area (TPSA) is 66.4 Å². The highest BCUT2D eigenvalue weighted by Gasteiger charge is 2.29. The van der Waals surface area contributed by atoms with E-state index < -0.39 is 13.3 Å². The average molecular weight is 450 g/mol. The smallest absolute Gasteiger partial charge is 0.224 e. The van der Waals surface area contributed by atoms with Gasteiger partial charge in [-0.2, -0.15) is 0 Å². The summed E-state index contributed by atoms with van der Waals surface area (Å²) in [5.41, 5.74) is 4.25. The van der Waals surface area contributed by atoms with E-state index in [1.165, 1.54) is 0 Å². The van der Waals surface area contributed by atoms with Gasteiger partial charge in [-0.1, -0.05) is 84.9 Å². The van der Waals surface area contributed by atoms with Crippen molar-refractivity contribution in [2.45, 2.75) is 32.7 Å². The van der Waals surface area contributed by atoms with E-state index in [2.05, 4.69) is 17.4 Å². The van der Waals surface area contributed by atoms with Crippen LogP contribution in [0.2, 0.25) is 0 Å². The molecule has 2 atom stereocenters. The van der Waals surface area contributed by atoms with Crippen LogP contribution in [0.1, 0.15) is 25.0 Å². The number of rotatable bonds is 10. The molecule has 4 nitrogen and oxygen atoms in total. The number of nitrogens with one attached hydrogen (secondary N) is 1. The van der Waals surface area contributed by atoms with Crippen LogP contribution in [0.3, 0.4) is 0 Å². The van der Waals surface area contributed by atoms with Crippen molar-refractivity contribution in [1.29, 1.82) is 0 Å². The molecule has 0 aromatic heterocycles. The highest BCUT2D eigenvalue weighted by Crippen LogP contribution is 2.43. The van der Waals surface area contributed by atoms with Gasteiger partial charge < -0.3 is 10.2 Å². The Labute approximate surface area is 191 Å². The summed E-state index contributed by atoms with van der Waals surface area (Å²) in [5.74, 6) is -0.715. The van der Waals surface area contributed by atoms with E-state index in [-0.39, 0.29) is 24.3 Å². The molecule has 0 aliphatic heterocycles. The van der Waals surface area contributed by atoms with E-state index >= 15 is 0 Å². The van der Waals surface area contributed by atoms with Gasteiger partial charge in [0, 0.05) is 18.4 Å². The molecule has 3 aromatic carbocycles. The summed E-state index contributed by atoms with van der Waals surface area (Å²) < 4.78 is 13.0. The van der Waals surface area contributed by atoms with Crippen LogP contribution in [0.4, 0.5) is 0 Å². The number of hydrogen-bond acceptors (Lipinski definition) is 2. The molecule has 32 heavy (non-hydrogen) atoms. The van der Waals surface area contributed by atoms with Gasteiger partial charge in [-0.05, 0) is 48.9 Å². The molecule has 3 aromatic rings. The van der Waals surface area contributed by atoms with Crippen molar-refractivity contribution < 1.29 is 14.3 Å². The fraction of sp³-hybridized carbons (Fsp3) is 0.296. The molecule has 0 bridgehead atoms. The minimum atomic E-state index is -3.47. The lowest BCUT2D eigenvalue weighted by Gasteiger charge is -2.22. The van der Waals surface area contributed by atoms with Crippen LogP contribution in [0.15, 0.2) is 84.9 Å². The molecular weight excluding hydrogens is 417 g/mol. The van der Waals surface area contributed by atoms with Crippen molar-refractivity contribution in [2.75, 3.05) is 12.3 Å². The molecule has 0 fully saturated rings. The maximum atomic E-state index is 13.0. The number of carbonyl (C=O) groups is 1. The summed E-state index contributed by atoms with van der Waals surface area (Å²) in [6.45, 7) is 3.80. The van der Waals surface area contributed by atoms with Gasteiger partial charge in [0.25, 0.3) is 0 Å². The van der Waals surface area contributed by atoms with E-state index in [1.807, 2.05) is 86.6 Å². The Morgan fingerprint density at radius 2 is 1.41 bits per heavy atom. The molecule has 0 saturated heterocycles. The fourth-order valence-corrected chi connectivity index (χ4v) is 5.55. The van der Waals surface area contributed by atoms with Crippen LogP contribution >= 0.6 is 7.37 Å². The maximum Gasteiger partial charge on any atom is 0.224 e. The lowest BCUT2D eigenvalue weighted by molar-refractivity contribution is -0.124. The van der Waals surface area contributed by atoms with Crippen LogP contribution in [-0.4, -0.2) is 29.2 Å². The first-order valence-electron chi connectivity index (χ1n) is 11.1. The summed E-state index contributed by atoms with van der Waals surface area (Å²) in [7, 11) is -3.47. The Bertz CT molecular complexity index is 1030. The summed E-state index contributed by atoms with van der Waals surface area (Å²) in [5, 5.41) is 2.93. The largest absolute Gasteiger partial charge is 0.354 e. The number of hydrogen-bond donors (Lipinski definition) is 2. The number of amides is 1. The van der Waals surface area contributed by atoms with Crippen molar-refractivity contribution in [2.24, 2.45) is 5.92 Å². The Kier molecular flexibility index (Phi) is 8.44. The SMILES string of the molecule is CC(C)NC(=O)C(Cc1ccc(-c2ccccc2)cc1)CP(=O)(O)CCc1ccccc1. The van der Waals surface area contributed by atoms with Gasteiger partial charge in [0.15, 0.2) is 0 Å². The van der Waals surface area contributed by atoms with E-state index in [1.54, 1.807) is 0 Å². The monoisotopic (exact) mass is 449 g/mol. The van der Waals surface area contributed by atoms with Crippen LogP contribution in [0.5, 0.6) is 0 Å². The van der Waals surface area contributed by atoms with E-state index in [4.69, 9.17) is 0 Å². The highest BCUT2D eigenvalue weighted by molar-refractivity contribution is 7.58. The summed E-state index contributed by atoms with van der Waals surface area (Å²) in [6.07, 6.45) is 1.12. The third-order valence-corrected chi connectivity index (χ3v) is 7.38. The van der Waals surface area contributed by atoms with Crippen molar-refractivity contribution in [1.82, 2.24) is 5.32 Å². The summed E-state index contributed by atoms with van der Waals surface area (Å²) in [6, 6.07) is 27.9.